The lowest BCUT2D eigenvalue weighted by atomic mass is 10.1. The monoisotopic (exact) mass is 419 g/mol. The molecule has 0 unspecified atom stereocenters. The van der Waals surface area contributed by atoms with Gasteiger partial charge in [0, 0.05) is 6.54 Å². The van der Waals surface area contributed by atoms with Gasteiger partial charge in [0.15, 0.2) is 5.16 Å². The predicted octanol–water partition coefficient (Wildman–Crippen LogP) is 3.49. The first-order chi connectivity index (χ1) is 14.7. The van der Waals surface area contributed by atoms with Gasteiger partial charge in [-0.05, 0) is 36.2 Å². The summed E-state index contributed by atoms with van der Waals surface area (Å²) in [6.07, 6.45) is 2.34. The maximum Gasteiger partial charge on any atom is 0.262 e. The van der Waals surface area contributed by atoms with Crippen LogP contribution in [0.2, 0.25) is 0 Å². The van der Waals surface area contributed by atoms with Gasteiger partial charge in [-0.2, -0.15) is 0 Å². The number of hydrogen-bond donors (Lipinski definition) is 1. The molecule has 4 aromatic rings. The number of amides is 1. The molecule has 4 rings (SSSR count). The third-order valence-corrected chi connectivity index (χ3v) is 5.61. The molecule has 0 aliphatic heterocycles. The summed E-state index contributed by atoms with van der Waals surface area (Å²) in [5.41, 5.74) is 1.64. The van der Waals surface area contributed by atoms with Gasteiger partial charge in [-0.3, -0.25) is 14.2 Å². The number of aromatic nitrogens is 2. The molecule has 1 amide bonds. The summed E-state index contributed by atoms with van der Waals surface area (Å²) in [6.45, 7) is 0.829. The van der Waals surface area contributed by atoms with E-state index in [1.54, 1.807) is 29.0 Å². The van der Waals surface area contributed by atoms with Crippen molar-refractivity contribution >= 4 is 28.6 Å². The minimum absolute atomic E-state index is 0.0945. The first kappa shape index (κ1) is 20.0. The van der Waals surface area contributed by atoms with Gasteiger partial charge in [-0.25, -0.2) is 4.98 Å². The lowest BCUT2D eigenvalue weighted by Crippen LogP contribution is -2.28. The van der Waals surface area contributed by atoms with E-state index in [1.807, 2.05) is 48.5 Å². The van der Waals surface area contributed by atoms with E-state index >= 15 is 0 Å². The van der Waals surface area contributed by atoms with Crippen LogP contribution in [0.5, 0.6) is 0 Å². The molecule has 0 atom stereocenters. The summed E-state index contributed by atoms with van der Waals surface area (Å²) in [4.78, 5) is 30.0. The summed E-state index contributed by atoms with van der Waals surface area (Å²) in [6, 6.07) is 20.8. The molecule has 2 aromatic carbocycles. The van der Waals surface area contributed by atoms with Crippen molar-refractivity contribution in [2.75, 3.05) is 12.3 Å². The number of carbonyl (C=O) groups is 1. The second-order valence-electron chi connectivity index (χ2n) is 6.76. The highest BCUT2D eigenvalue weighted by atomic mass is 32.2. The zero-order chi connectivity index (χ0) is 20.8. The van der Waals surface area contributed by atoms with Crippen LogP contribution in [0.25, 0.3) is 10.9 Å². The first-order valence-electron chi connectivity index (χ1n) is 9.66. The molecule has 7 heteroatoms. The van der Waals surface area contributed by atoms with Crippen molar-refractivity contribution in [3.8, 4) is 0 Å². The molecule has 2 heterocycles. The van der Waals surface area contributed by atoms with Crippen molar-refractivity contribution in [3.63, 3.8) is 0 Å². The molecule has 6 nitrogen and oxygen atoms in total. The normalized spacial score (nSPS) is 10.9. The average Bonchev–Trinajstić information content (AvgIpc) is 3.29. The summed E-state index contributed by atoms with van der Waals surface area (Å²) < 4.78 is 6.96. The Balaban J connectivity index is 1.47. The molecule has 0 radical (unpaired) electrons. The van der Waals surface area contributed by atoms with Crippen LogP contribution in [0.4, 0.5) is 0 Å². The zero-order valence-corrected chi connectivity index (χ0v) is 17.1. The van der Waals surface area contributed by atoms with Gasteiger partial charge in [0.25, 0.3) is 5.56 Å². The van der Waals surface area contributed by atoms with E-state index in [9.17, 15) is 9.59 Å². The number of para-hydroxylation sites is 1. The van der Waals surface area contributed by atoms with Gasteiger partial charge in [-0.15, -0.1) is 0 Å². The fraction of sp³-hybridized carbons (Fsp3) is 0.174. The van der Waals surface area contributed by atoms with Crippen LogP contribution in [0, 0.1) is 0 Å². The van der Waals surface area contributed by atoms with Crippen LogP contribution < -0.4 is 10.9 Å². The molecule has 0 aliphatic carbocycles. The number of rotatable bonds is 8. The molecule has 0 spiro atoms. The number of hydrogen-bond acceptors (Lipinski definition) is 5. The van der Waals surface area contributed by atoms with E-state index in [-0.39, 0.29) is 23.8 Å². The predicted molar refractivity (Wildman–Crippen MR) is 118 cm³/mol. The molecule has 0 aliphatic rings. The molecule has 0 saturated carbocycles. The van der Waals surface area contributed by atoms with Crippen LogP contribution in [-0.2, 0) is 17.8 Å². The summed E-state index contributed by atoms with van der Waals surface area (Å²) in [5, 5.41) is 3.96. The number of benzene rings is 2. The summed E-state index contributed by atoms with van der Waals surface area (Å²) in [5.74, 6) is 0.740. The van der Waals surface area contributed by atoms with Crippen molar-refractivity contribution < 1.29 is 9.21 Å². The lowest BCUT2D eigenvalue weighted by molar-refractivity contribution is -0.118. The Hall–Kier alpha value is -3.32. The van der Waals surface area contributed by atoms with E-state index in [0.29, 0.717) is 28.4 Å². The molecular weight excluding hydrogens is 398 g/mol. The molecule has 0 saturated heterocycles. The Morgan fingerprint density at radius 2 is 1.83 bits per heavy atom. The maximum absolute atomic E-state index is 13.0. The van der Waals surface area contributed by atoms with Gasteiger partial charge in [0.1, 0.15) is 5.76 Å². The fourth-order valence-electron chi connectivity index (χ4n) is 3.13. The van der Waals surface area contributed by atoms with Gasteiger partial charge in [-0.1, -0.05) is 54.2 Å². The smallest absolute Gasteiger partial charge is 0.262 e. The van der Waals surface area contributed by atoms with Crippen molar-refractivity contribution in [2.24, 2.45) is 0 Å². The molecule has 152 valence electrons. The number of carbonyl (C=O) groups excluding carboxylic acids is 1. The van der Waals surface area contributed by atoms with Crippen LogP contribution in [0.1, 0.15) is 11.3 Å². The third-order valence-electron chi connectivity index (χ3n) is 4.63. The number of furan rings is 1. The molecular formula is C23H21N3O3S. The lowest BCUT2D eigenvalue weighted by Gasteiger charge is -2.12. The van der Waals surface area contributed by atoms with Crippen molar-refractivity contribution in [1.29, 1.82) is 0 Å². The SMILES string of the molecule is O=C(CSc1nc2ccccc2c(=O)n1Cc1ccco1)NCCc1ccccc1. The largest absolute Gasteiger partial charge is 0.467 e. The number of fused-ring (bicyclic) bond motifs is 1. The van der Waals surface area contributed by atoms with Gasteiger partial charge in [0.2, 0.25) is 5.91 Å². The Morgan fingerprint density at radius 3 is 2.63 bits per heavy atom. The Bertz CT molecular complexity index is 1190. The highest BCUT2D eigenvalue weighted by Gasteiger charge is 2.14. The second-order valence-corrected chi connectivity index (χ2v) is 7.70. The van der Waals surface area contributed by atoms with Crippen molar-refractivity contribution in [3.05, 3.63) is 94.7 Å². The third kappa shape index (κ3) is 4.80. The average molecular weight is 420 g/mol. The minimum atomic E-state index is -0.149. The van der Waals surface area contributed by atoms with Crippen LogP contribution in [-0.4, -0.2) is 27.8 Å². The molecule has 0 fully saturated rings. The highest BCUT2D eigenvalue weighted by Crippen LogP contribution is 2.19. The Labute approximate surface area is 177 Å². The van der Waals surface area contributed by atoms with Crippen LogP contribution in [0.15, 0.2) is 87.4 Å². The highest BCUT2D eigenvalue weighted by molar-refractivity contribution is 7.99. The van der Waals surface area contributed by atoms with Gasteiger partial charge < -0.3 is 9.73 Å². The van der Waals surface area contributed by atoms with Crippen molar-refractivity contribution in [1.82, 2.24) is 14.9 Å². The molecule has 1 N–H and O–H groups in total. The summed E-state index contributed by atoms with van der Waals surface area (Å²) >= 11 is 1.25. The van der Waals surface area contributed by atoms with E-state index < -0.39 is 0 Å². The minimum Gasteiger partial charge on any atom is -0.467 e. The van der Waals surface area contributed by atoms with E-state index in [4.69, 9.17) is 4.42 Å². The van der Waals surface area contributed by atoms with E-state index in [2.05, 4.69) is 10.3 Å². The summed E-state index contributed by atoms with van der Waals surface area (Å²) in [7, 11) is 0. The topological polar surface area (TPSA) is 77.1 Å². The van der Waals surface area contributed by atoms with Gasteiger partial charge in [0.05, 0.1) is 29.5 Å². The maximum atomic E-state index is 13.0. The van der Waals surface area contributed by atoms with E-state index in [0.717, 1.165) is 6.42 Å². The fourth-order valence-corrected chi connectivity index (χ4v) is 3.96. The number of nitrogens with zero attached hydrogens (tertiary/aromatic N) is 2. The molecule has 2 aromatic heterocycles. The number of nitrogens with one attached hydrogen (secondary N) is 1. The van der Waals surface area contributed by atoms with Crippen LogP contribution in [0.3, 0.4) is 0 Å². The zero-order valence-electron chi connectivity index (χ0n) is 16.3. The number of thioether (sulfide) groups is 1. The Morgan fingerprint density at radius 1 is 1.03 bits per heavy atom. The quantitative estimate of drug-likeness (QED) is 0.349. The second kappa shape index (κ2) is 9.45. The first-order valence-corrected chi connectivity index (χ1v) is 10.6. The standard InChI is InChI=1S/C23H21N3O3S/c27-21(24-13-12-17-7-2-1-3-8-17)16-30-23-25-20-11-5-4-10-19(20)22(28)26(23)15-18-9-6-14-29-18/h1-11,14H,12-13,15-16H2,(H,24,27). The van der Waals surface area contributed by atoms with E-state index in [1.165, 1.54) is 17.3 Å². The van der Waals surface area contributed by atoms with Gasteiger partial charge >= 0.3 is 0 Å². The Kier molecular flexibility index (Phi) is 6.29. The molecule has 30 heavy (non-hydrogen) atoms. The van der Waals surface area contributed by atoms with Crippen molar-refractivity contribution in [2.45, 2.75) is 18.1 Å². The molecule has 0 bridgehead atoms. The van der Waals surface area contributed by atoms with Crippen LogP contribution >= 0.6 is 11.8 Å².